The van der Waals surface area contributed by atoms with Gasteiger partial charge in [0.15, 0.2) is 5.15 Å². The number of halogens is 4. The van der Waals surface area contributed by atoms with Crippen LogP contribution in [0, 0.1) is 0 Å². The first-order valence-electron chi connectivity index (χ1n) is 6.63. The number of aromatic amines is 1. The highest BCUT2D eigenvalue weighted by molar-refractivity contribution is 9.10. The SMILES string of the molecule is CCCCc1nc(Cl)c(CNc2ccc(Br)c(Cl)c2Cl)[nH]1. The van der Waals surface area contributed by atoms with Crippen molar-refractivity contribution in [2.24, 2.45) is 0 Å². The molecule has 1 aromatic carbocycles. The zero-order valence-corrected chi connectivity index (χ0v) is 15.3. The summed E-state index contributed by atoms with van der Waals surface area (Å²) in [5, 5.41) is 4.67. The Bertz CT molecular complexity index is 628. The summed E-state index contributed by atoms with van der Waals surface area (Å²) in [7, 11) is 0. The van der Waals surface area contributed by atoms with Crippen LogP contribution >= 0.6 is 50.7 Å². The monoisotopic (exact) mass is 409 g/mol. The lowest BCUT2D eigenvalue weighted by molar-refractivity contribution is 0.760. The van der Waals surface area contributed by atoms with Gasteiger partial charge in [0.1, 0.15) is 5.82 Å². The Morgan fingerprint density at radius 1 is 1.24 bits per heavy atom. The highest BCUT2D eigenvalue weighted by atomic mass is 79.9. The topological polar surface area (TPSA) is 40.7 Å². The van der Waals surface area contributed by atoms with Crippen LogP contribution in [-0.2, 0) is 13.0 Å². The first-order chi connectivity index (χ1) is 10.0. The number of imidazole rings is 1. The molecule has 0 saturated heterocycles. The Morgan fingerprint density at radius 2 is 2.00 bits per heavy atom. The fraction of sp³-hybridized carbons (Fsp3) is 0.357. The van der Waals surface area contributed by atoms with E-state index in [1.54, 1.807) is 0 Å². The van der Waals surface area contributed by atoms with Gasteiger partial charge in [0.2, 0.25) is 0 Å². The largest absolute Gasteiger partial charge is 0.378 e. The molecule has 0 bridgehead atoms. The molecule has 0 aliphatic carbocycles. The van der Waals surface area contributed by atoms with E-state index in [0.29, 0.717) is 21.7 Å². The van der Waals surface area contributed by atoms with Crippen LogP contribution in [0.4, 0.5) is 5.69 Å². The van der Waals surface area contributed by atoms with E-state index < -0.39 is 0 Å². The minimum atomic E-state index is 0.480. The summed E-state index contributed by atoms with van der Waals surface area (Å²) in [5.41, 5.74) is 1.60. The van der Waals surface area contributed by atoms with Crippen molar-refractivity contribution in [3.05, 3.63) is 43.3 Å². The highest BCUT2D eigenvalue weighted by Gasteiger charge is 2.11. The van der Waals surface area contributed by atoms with E-state index in [-0.39, 0.29) is 0 Å². The molecule has 0 saturated carbocycles. The van der Waals surface area contributed by atoms with E-state index in [1.807, 2.05) is 12.1 Å². The molecule has 0 radical (unpaired) electrons. The molecular formula is C14H15BrCl3N3. The summed E-state index contributed by atoms with van der Waals surface area (Å²) in [6.07, 6.45) is 3.12. The Balaban J connectivity index is 2.06. The van der Waals surface area contributed by atoms with Crippen molar-refractivity contribution in [1.82, 2.24) is 9.97 Å². The number of hydrogen-bond donors (Lipinski definition) is 2. The molecule has 2 N–H and O–H groups in total. The number of rotatable bonds is 6. The van der Waals surface area contributed by atoms with Crippen LogP contribution in [0.3, 0.4) is 0 Å². The van der Waals surface area contributed by atoms with Crippen LogP contribution in [0.25, 0.3) is 0 Å². The van der Waals surface area contributed by atoms with E-state index in [2.05, 4.69) is 38.1 Å². The Hall–Kier alpha value is -0.420. The number of anilines is 1. The smallest absolute Gasteiger partial charge is 0.152 e. The highest BCUT2D eigenvalue weighted by Crippen LogP contribution is 2.36. The van der Waals surface area contributed by atoms with Crippen molar-refractivity contribution in [2.45, 2.75) is 32.7 Å². The van der Waals surface area contributed by atoms with Crippen LogP contribution < -0.4 is 5.32 Å². The average Bonchev–Trinajstić information content (AvgIpc) is 2.82. The Labute approximate surface area is 147 Å². The standard InChI is InChI=1S/C14H15BrCl3N3/c1-2-3-4-11-20-10(14(18)21-11)7-19-9-6-5-8(15)12(16)13(9)17/h5-6,19H,2-4,7H2,1H3,(H,20,21). The predicted molar refractivity (Wildman–Crippen MR) is 93.7 cm³/mol. The number of nitrogens with one attached hydrogen (secondary N) is 2. The molecule has 0 unspecified atom stereocenters. The van der Waals surface area contributed by atoms with Gasteiger partial charge < -0.3 is 10.3 Å². The van der Waals surface area contributed by atoms with E-state index in [0.717, 1.165) is 40.9 Å². The maximum Gasteiger partial charge on any atom is 0.152 e. The van der Waals surface area contributed by atoms with Crippen molar-refractivity contribution in [3.8, 4) is 0 Å². The third-order valence-corrected chi connectivity index (χ3v) is 5.12. The minimum Gasteiger partial charge on any atom is -0.378 e. The lowest BCUT2D eigenvalue weighted by Gasteiger charge is -2.09. The van der Waals surface area contributed by atoms with Crippen LogP contribution in [0.2, 0.25) is 15.2 Å². The lowest BCUT2D eigenvalue weighted by atomic mass is 10.2. The van der Waals surface area contributed by atoms with E-state index >= 15 is 0 Å². The summed E-state index contributed by atoms with van der Waals surface area (Å²) in [6.45, 7) is 2.65. The molecule has 1 aromatic heterocycles. The van der Waals surface area contributed by atoms with Crippen molar-refractivity contribution < 1.29 is 0 Å². The molecule has 0 aliphatic heterocycles. The van der Waals surface area contributed by atoms with Crippen LogP contribution in [-0.4, -0.2) is 9.97 Å². The van der Waals surface area contributed by atoms with Crippen molar-refractivity contribution in [2.75, 3.05) is 5.32 Å². The fourth-order valence-corrected chi connectivity index (χ4v) is 2.92. The minimum absolute atomic E-state index is 0.480. The number of hydrogen-bond acceptors (Lipinski definition) is 2. The Kier molecular flexibility index (Phi) is 6.23. The number of aryl methyl sites for hydroxylation is 1. The molecular weight excluding hydrogens is 396 g/mol. The van der Waals surface area contributed by atoms with Crippen LogP contribution in [0.15, 0.2) is 16.6 Å². The zero-order chi connectivity index (χ0) is 15.4. The molecule has 2 rings (SSSR count). The molecule has 7 heteroatoms. The summed E-state index contributed by atoms with van der Waals surface area (Å²) >= 11 is 21.8. The van der Waals surface area contributed by atoms with Gasteiger partial charge in [-0.3, -0.25) is 0 Å². The summed E-state index contributed by atoms with van der Waals surface area (Å²) in [5.74, 6) is 0.915. The molecule has 3 nitrogen and oxygen atoms in total. The van der Waals surface area contributed by atoms with Gasteiger partial charge >= 0.3 is 0 Å². The van der Waals surface area contributed by atoms with Crippen LogP contribution in [0.1, 0.15) is 31.3 Å². The van der Waals surface area contributed by atoms with E-state index in [1.165, 1.54) is 0 Å². The number of benzene rings is 1. The lowest BCUT2D eigenvalue weighted by Crippen LogP contribution is -2.01. The van der Waals surface area contributed by atoms with Gasteiger partial charge in [-0.25, -0.2) is 4.98 Å². The third-order valence-electron chi connectivity index (χ3n) is 3.04. The number of nitrogens with zero attached hydrogens (tertiary/aromatic N) is 1. The molecule has 21 heavy (non-hydrogen) atoms. The van der Waals surface area contributed by atoms with Crippen molar-refractivity contribution >= 4 is 56.4 Å². The quantitative estimate of drug-likeness (QED) is 0.565. The molecule has 2 aromatic rings. The van der Waals surface area contributed by atoms with Crippen molar-refractivity contribution in [3.63, 3.8) is 0 Å². The normalized spacial score (nSPS) is 10.9. The first kappa shape index (κ1) is 16.9. The molecule has 1 heterocycles. The van der Waals surface area contributed by atoms with Gasteiger partial charge in [-0.05, 0) is 34.5 Å². The van der Waals surface area contributed by atoms with Gasteiger partial charge in [-0.1, -0.05) is 48.1 Å². The van der Waals surface area contributed by atoms with Gasteiger partial charge in [-0.2, -0.15) is 0 Å². The maximum absolute atomic E-state index is 6.19. The average molecular weight is 412 g/mol. The maximum atomic E-state index is 6.19. The summed E-state index contributed by atoms with van der Waals surface area (Å²) in [6, 6.07) is 3.71. The molecule has 114 valence electrons. The molecule has 0 amide bonds. The molecule has 0 aliphatic rings. The molecule has 0 spiro atoms. The Morgan fingerprint density at radius 3 is 2.71 bits per heavy atom. The number of unbranched alkanes of at least 4 members (excludes halogenated alkanes) is 1. The van der Waals surface area contributed by atoms with Crippen LogP contribution in [0.5, 0.6) is 0 Å². The molecule has 0 fully saturated rings. The predicted octanol–water partition coefficient (Wildman–Crippen LogP) is 6.09. The third kappa shape index (κ3) is 4.28. The zero-order valence-electron chi connectivity index (χ0n) is 11.4. The molecule has 0 atom stereocenters. The van der Waals surface area contributed by atoms with E-state index in [9.17, 15) is 0 Å². The summed E-state index contributed by atoms with van der Waals surface area (Å²) < 4.78 is 0.765. The van der Waals surface area contributed by atoms with Gasteiger partial charge in [0.25, 0.3) is 0 Å². The second-order valence-electron chi connectivity index (χ2n) is 4.63. The second-order valence-corrected chi connectivity index (χ2v) is 6.60. The second kappa shape index (κ2) is 7.73. The first-order valence-corrected chi connectivity index (χ1v) is 8.56. The summed E-state index contributed by atoms with van der Waals surface area (Å²) in [4.78, 5) is 7.56. The van der Waals surface area contributed by atoms with Crippen molar-refractivity contribution in [1.29, 1.82) is 0 Å². The number of aromatic nitrogens is 2. The number of H-pyrrole nitrogens is 1. The van der Waals surface area contributed by atoms with Gasteiger partial charge in [0.05, 0.1) is 28.0 Å². The fourth-order valence-electron chi connectivity index (χ4n) is 1.87. The van der Waals surface area contributed by atoms with Gasteiger partial charge in [-0.15, -0.1) is 0 Å². The van der Waals surface area contributed by atoms with E-state index in [4.69, 9.17) is 34.8 Å². The van der Waals surface area contributed by atoms with Gasteiger partial charge in [0, 0.05) is 10.9 Å².